The third kappa shape index (κ3) is 3.58. The van der Waals surface area contributed by atoms with Crippen LogP contribution in [0.15, 0.2) is 30.6 Å². The van der Waals surface area contributed by atoms with Crippen LogP contribution in [0.5, 0.6) is 0 Å². The maximum absolute atomic E-state index is 13.2. The van der Waals surface area contributed by atoms with Gasteiger partial charge in [-0.25, -0.2) is 0 Å². The standard InChI is InChI=1S/C19H25N5O/c1-23(13-16-11-17(22-21-16)14-6-7-14)19(25)18(24-9-2-3-10-24)15-5-4-8-20-12-15/h4-5,8,11-12,14,18H,2-3,6-7,9-10,13H2,1H3,(H,21,22)/t18-/m0/s1. The number of amides is 1. The lowest BCUT2D eigenvalue weighted by atomic mass is 10.1. The van der Waals surface area contributed by atoms with Crippen LogP contribution in [0.25, 0.3) is 0 Å². The van der Waals surface area contributed by atoms with Gasteiger partial charge in [0.05, 0.1) is 17.9 Å². The van der Waals surface area contributed by atoms with E-state index in [0.717, 1.165) is 42.9 Å². The minimum absolute atomic E-state index is 0.123. The number of aromatic nitrogens is 3. The molecule has 6 heteroatoms. The van der Waals surface area contributed by atoms with Crippen LogP contribution in [0.3, 0.4) is 0 Å². The van der Waals surface area contributed by atoms with Crippen LogP contribution in [-0.4, -0.2) is 51.0 Å². The fourth-order valence-corrected chi connectivity index (χ4v) is 3.64. The van der Waals surface area contributed by atoms with Crippen molar-refractivity contribution in [3.8, 4) is 0 Å². The molecule has 2 aliphatic rings. The van der Waals surface area contributed by atoms with E-state index in [1.807, 2.05) is 25.4 Å². The topological polar surface area (TPSA) is 65.1 Å². The molecule has 6 nitrogen and oxygen atoms in total. The Bertz CT molecular complexity index is 718. The highest BCUT2D eigenvalue weighted by Gasteiger charge is 2.32. The van der Waals surface area contributed by atoms with Gasteiger partial charge in [-0.3, -0.25) is 19.8 Å². The van der Waals surface area contributed by atoms with E-state index in [4.69, 9.17) is 0 Å². The number of carbonyl (C=O) groups excluding carboxylic acids is 1. The van der Waals surface area contributed by atoms with Crippen LogP contribution < -0.4 is 0 Å². The van der Waals surface area contributed by atoms with E-state index < -0.39 is 0 Å². The summed E-state index contributed by atoms with van der Waals surface area (Å²) < 4.78 is 0. The van der Waals surface area contributed by atoms with Gasteiger partial charge in [0, 0.05) is 25.4 Å². The van der Waals surface area contributed by atoms with Gasteiger partial charge < -0.3 is 4.90 Å². The van der Waals surface area contributed by atoms with Crippen molar-refractivity contribution >= 4 is 5.91 Å². The number of likely N-dealkylation sites (N-methyl/N-ethyl adjacent to an activating group) is 1. The van der Waals surface area contributed by atoms with Crippen molar-refractivity contribution in [2.24, 2.45) is 0 Å². The zero-order valence-electron chi connectivity index (χ0n) is 14.7. The van der Waals surface area contributed by atoms with Crippen LogP contribution in [0.2, 0.25) is 0 Å². The van der Waals surface area contributed by atoms with Gasteiger partial charge in [-0.15, -0.1) is 0 Å². The number of nitrogens with one attached hydrogen (secondary N) is 1. The highest BCUT2D eigenvalue weighted by molar-refractivity contribution is 5.83. The lowest BCUT2D eigenvalue weighted by molar-refractivity contribution is -0.136. The summed E-state index contributed by atoms with van der Waals surface area (Å²) >= 11 is 0. The molecule has 132 valence electrons. The molecule has 2 fully saturated rings. The number of hydrogen-bond acceptors (Lipinski definition) is 4. The van der Waals surface area contributed by atoms with Crippen molar-refractivity contribution in [3.63, 3.8) is 0 Å². The maximum atomic E-state index is 13.2. The minimum Gasteiger partial charge on any atom is -0.338 e. The molecule has 1 aliphatic heterocycles. The smallest absolute Gasteiger partial charge is 0.244 e. The Kier molecular flexibility index (Phi) is 4.53. The van der Waals surface area contributed by atoms with Gasteiger partial charge >= 0.3 is 0 Å². The normalized spacial score (nSPS) is 19.1. The summed E-state index contributed by atoms with van der Waals surface area (Å²) in [5, 5.41) is 7.48. The summed E-state index contributed by atoms with van der Waals surface area (Å²) in [5.41, 5.74) is 3.12. The van der Waals surface area contributed by atoms with E-state index in [2.05, 4.69) is 26.1 Å². The Labute approximate surface area is 148 Å². The first kappa shape index (κ1) is 16.3. The SMILES string of the molecule is CN(Cc1cc(C2CC2)n[nH]1)C(=O)[C@H](c1cccnc1)N1CCCC1. The van der Waals surface area contributed by atoms with E-state index in [0.29, 0.717) is 12.5 Å². The average molecular weight is 339 g/mol. The molecule has 1 saturated heterocycles. The van der Waals surface area contributed by atoms with Gasteiger partial charge in [0.25, 0.3) is 0 Å². The number of nitrogens with zero attached hydrogens (tertiary/aromatic N) is 4. The van der Waals surface area contributed by atoms with E-state index in [9.17, 15) is 4.79 Å². The van der Waals surface area contributed by atoms with Gasteiger partial charge in [-0.05, 0) is 56.5 Å². The molecule has 1 saturated carbocycles. The zero-order valence-corrected chi connectivity index (χ0v) is 14.7. The molecule has 4 rings (SSSR count). The van der Waals surface area contributed by atoms with E-state index >= 15 is 0 Å². The molecule has 1 aliphatic carbocycles. The minimum atomic E-state index is -0.243. The van der Waals surface area contributed by atoms with Crippen molar-refractivity contribution < 1.29 is 4.79 Å². The molecule has 2 aromatic rings. The monoisotopic (exact) mass is 339 g/mol. The van der Waals surface area contributed by atoms with Gasteiger partial charge in [-0.2, -0.15) is 5.10 Å². The molecule has 1 N–H and O–H groups in total. The first-order valence-electron chi connectivity index (χ1n) is 9.15. The Morgan fingerprint density at radius 2 is 2.20 bits per heavy atom. The summed E-state index contributed by atoms with van der Waals surface area (Å²) in [4.78, 5) is 21.5. The molecule has 0 spiro atoms. The van der Waals surface area contributed by atoms with Crippen LogP contribution in [0.4, 0.5) is 0 Å². The summed E-state index contributed by atoms with van der Waals surface area (Å²) in [7, 11) is 1.87. The van der Waals surface area contributed by atoms with E-state index in [1.165, 1.54) is 12.8 Å². The lowest BCUT2D eigenvalue weighted by Gasteiger charge is -2.30. The van der Waals surface area contributed by atoms with Gasteiger partial charge in [0.15, 0.2) is 0 Å². The number of pyridine rings is 1. The second-order valence-electron chi connectivity index (χ2n) is 7.22. The molecular weight excluding hydrogens is 314 g/mol. The molecule has 0 radical (unpaired) electrons. The molecule has 1 atom stereocenters. The average Bonchev–Trinajstić information content (AvgIpc) is 3.14. The molecule has 3 heterocycles. The molecule has 1 amide bonds. The molecule has 0 aromatic carbocycles. The Morgan fingerprint density at radius 1 is 1.40 bits per heavy atom. The lowest BCUT2D eigenvalue weighted by Crippen LogP contribution is -2.40. The van der Waals surface area contributed by atoms with Crippen molar-refractivity contribution in [1.29, 1.82) is 0 Å². The van der Waals surface area contributed by atoms with Crippen molar-refractivity contribution in [1.82, 2.24) is 25.0 Å². The largest absolute Gasteiger partial charge is 0.338 e. The highest BCUT2D eigenvalue weighted by Crippen LogP contribution is 2.39. The summed E-state index contributed by atoms with van der Waals surface area (Å²) in [6.45, 7) is 2.49. The maximum Gasteiger partial charge on any atom is 0.244 e. The Morgan fingerprint density at radius 3 is 2.88 bits per heavy atom. The van der Waals surface area contributed by atoms with Gasteiger partial charge in [-0.1, -0.05) is 6.07 Å². The summed E-state index contributed by atoms with van der Waals surface area (Å²) in [6, 6.07) is 5.77. The number of carbonyl (C=O) groups is 1. The van der Waals surface area contributed by atoms with E-state index in [-0.39, 0.29) is 11.9 Å². The fraction of sp³-hybridized carbons (Fsp3) is 0.526. The predicted octanol–water partition coefficient (Wildman–Crippen LogP) is 2.48. The Balaban J connectivity index is 1.50. The van der Waals surface area contributed by atoms with Gasteiger partial charge in [0.2, 0.25) is 5.91 Å². The van der Waals surface area contributed by atoms with Crippen molar-refractivity contribution in [2.75, 3.05) is 20.1 Å². The van der Waals surface area contributed by atoms with Crippen molar-refractivity contribution in [2.45, 2.75) is 44.2 Å². The summed E-state index contributed by atoms with van der Waals surface area (Å²) in [6.07, 6.45) is 8.34. The third-order valence-electron chi connectivity index (χ3n) is 5.17. The number of aromatic amines is 1. The molecular formula is C19H25N5O. The number of rotatable bonds is 6. The highest BCUT2D eigenvalue weighted by atomic mass is 16.2. The quantitative estimate of drug-likeness (QED) is 0.878. The third-order valence-corrected chi connectivity index (χ3v) is 5.17. The second-order valence-corrected chi connectivity index (χ2v) is 7.22. The summed E-state index contributed by atoms with van der Waals surface area (Å²) in [5.74, 6) is 0.747. The van der Waals surface area contributed by atoms with E-state index in [1.54, 1.807) is 11.1 Å². The molecule has 0 unspecified atom stereocenters. The molecule has 25 heavy (non-hydrogen) atoms. The Hall–Kier alpha value is -2.21. The number of hydrogen-bond donors (Lipinski definition) is 1. The van der Waals surface area contributed by atoms with Crippen LogP contribution >= 0.6 is 0 Å². The van der Waals surface area contributed by atoms with Crippen LogP contribution in [-0.2, 0) is 11.3 Å². The van der Waals surface area contributed by atoms with Crippen LogP contribution in [0, 0.1) is 0 Å². The molecule has 0 bridgehead atoms. The van der Waals surface area contributed by atoms with Crippen LogP contribution in [0.1, 0.15) is 54.6 Å². The second kappa shape index (κ2) is 6.96. The predicted molar refractivity (Wildman–Crippen MR) is 94.8 cm³/mol. The zero-order chi connectivity index (χ0) is 17.2. The number of likely N-dealkylation sites (tertiary alicyclic amines) is 1. The number of H-pyrrole nitrogens is 1. The molecule has 2 aromatic heterocycles. The first-order valence-corrected chi connectivity index (χ1v) is 9.15. The van der Waals surface area contributed by atoms with Gasteiger partial charge in [0.1, 0.15) is 6.04 Å². The van der Waals surface area contributed by atoms with Crippen molar-refractivity contribution in [3.05, 3.63) is 47.5 Å². The first-order chi connectivity index (χ1) is 12.2. The fourth-order valence-electron chi connectivity index (χ4n) is 3.64.